The number of halogens is 4. The lowest BCUT2D eigenvalue weighted by Gasteiger charge is -2.22. The first-order valence-corrected chi connectivity index (χ1v) is 10.2. The molecule has 1 amide bonds. The molecule has 1 aromatic heterocycles. The van der Waals surface area contributed by atoms with E-state index in [1.165, 1.54) is 6.07 Å². The number of alkyl halides is 3. The molecule has 1 aliphatic rings. The van der Waals surface area contributed by atoms with Gasteiger partial charge in [0, 0.05) is 41.5 Å². The average Bonchev–Trinajstić information content (AvgIpc) is 3.21. The standard InChI is InChI=1S/C23H19ClF3N3O2/c24-19-4-2-1-3-17(19)14-5-7-20(18(11-14)22(28)31)30-10-9-16(13-30)32-21-8-6-15(12-29-21)23(25,26)27/h1-8,11-12,16H,9-10,13H2,(H2,28,31). The van der Waals surface area contributed by atoms with Crippen LogP contribution < -0.4 is 15.4 Å². The van der Waals surface area contributed by atoms with Gasteiger partial charge in [-0.15, -0.1) is 0 Å². The summed E-state index contributed by atoms with van der Waals surface area (Å²) in [6, 6.07) is 14.9. The first-order valence-electron chi connectivity index (χ1n) is 9.86. The number of hydrogen-bond donors (Lipinski definition) is 1. The summed E-state index contributed by atoms with van der Waals surface area (Å²) in [5, 5.41) is 0.564. The molecule has 0 aliphatic carbocycles. The van der Waals surface area contributed by atoms with E-state index in [1.807, 2.05) is 35.2 Å². The number of nitrogens with zero attached hydrogens (tertiary/aromatic N) is 2. The number of anilines is 1. The second-order valence-corrected chi connectivity index (χ2v) is 7.84. The smallest absolute Gasteiger partial charge is 0.417 e. The van der Waals surface area contributed by atoms with Gasteiger partial charge in [0.25, 0.3) is 5.91 Å². The highest BCUT2D eigenvalue weighted by Gasteiger charge is 2.31. The van der Waals surface area contributed by atoms with Gasteiger partial charge in [0.1, 0.15) is 6.10 Å². The highest BCUT2D eigenvalue weighted by Crippen LogP contribution is 2.34. The number of pyridine rings is 1. The van der Waals surface area contributed by atoms with Gasteiger partial charge < -0.3 is 15.4 Å². The van der Waals surface area contributed by atoms with Crippen molar-refractivity contribution in [2.24, 2.45) is 5.73 Å². The molecule has 166 valence electrons. The van der Waals surface area contributed by atoms with Gasteiger partial charge in [0.05, 0.1) is 17.7 Å². The van der Waals surface area contributed by atoms with Crippen LogP contribution in [0.2, 0.25) is 5.02 Å². The summed E-state index contributed by atoms with van der Waals surface area (Å²) >= 11 is 6.28. The molecule has 1 atom stereocenters. The molecule has 2 aromatic carbocycles. The number of amides is 1. The monoisotopic (exact) mass is 461 g/mol. The number of rotatable bonds is 5. The predicted molar refractivity (Wildman–Crippen MR) is 116 cm³/mol. The van der Waals surface area contributed by atoms with Crippen molar-refractivity contribution in [2.75, 3.05) is 18.0 Å². The molecule has 1 aliphatic heterocycles. The summed E-state index contributed by atoms with van der Waals surface area (Å²) < 4.78 is 43.8. The first-order chi connectivity index (χ1) is 15.2. The molecule has 5 nitrogen and oxygen atoms in total. The number of ether oxygens (including phenoxy) is 1. The van der Waals surface area contributed by atoms with E-state index in [2.05, 4.69) is 4.98 Å². The quantitative estimate of drug-likeness (QED) is 0.568. The van der Waals surface area contributed by atoms with Crippen LogP contribution in [0.1, 0.15) is 22.3 Å². The lowest BCUT2D eigenvalue weighted by atomic mass is 10.0. The second kappa shape index (κ2) is 8.70. The van der Waals surface area contributed by atoms with Crippen molar-refractivity contribution < 1.29 is 22.7 Å². The van der Waals surface area contributed by atoms with Gasteiger partial charge in [-0.3, -0.25) is 4.79 Å². The predicted octanol–water partition coefficient (Wildman–Crippen LogP) is 5.18. The van der Waals surface area contributed by atoms with Gasteiger partial charge in [-0.05, 0) is 29.8 Å². The van der Waals surface area contributed by atoms with Gasteiger partial charge in [-0.25, -0.2) is 4.98 Å². The van der Waals surface area contributed by atoms with Gasteiger partial charge in [-0.2, -0.15) is 13.2 Å². The van der Waals surface area contributed by atoms with Crippen LogP contribution in [-0.4, -0.2) is 30.1 Å². The minimum atomic E-state index is -4.45. The number of hydrogen-bond acceptors (Lipinski definition) is 4. The molecule has 32 heavy (non-hydrogen) atoms. The Balaban J connectivity index is 1.51. The zero-order valence-corrected chi connectivity index (χ0v) is 17.5. The van der Waals surface area contributed by atoms with Gasteiger partial charge >= 0.3 is 6.18 Å². The normalized spacial score (nSPS) is 16.2. The molecular weight excluding hydrogens is 443 g/mol. The SMILES string of the molecule is NC(=O)c1cc(-c2ccccc2Cl)ccc1N1CCC(Oc2ccc(C(F)(F)F)cn2)C1. The number of primary amides is 1. The highest BCUT2D eigenvalue weighted by atomic mass is 35.5. The van der Waals surface area contributed by atoms with E-state index in [1.54, 1.807) is 12.1 Å². The molecular formula is C23H19ClF3N3O2. The molecule has 0 spiro atoms. The second-order valence-electron chi connectivity index (χ2n) is 7.43. The van der Waals surface area contributed by atoms with Crippen LogP contribution in [0, 0.1) is 0 Å². The van der Waals surface area contributed by atoms with Crippen molar-refractivity contribution >= 4 is 23.2 Å². The topological polar surface area (TPSA) is 68.5 Å². The molecule has 4 rings (SSSR count). The van der Waals surface area contributed by atoms with E-state index in [4.69, 9.17) is 22.1 Å². The van der Waals surface area contributed by atoms with Crippen LogP contribution in [0.5, 0.6) is 5.88 Å². The van der Waals surface area contributed by atoms with E-state index >= 15 is 0 Å². The summed E-state index contributed by atoms with van der Waals surface area (Å²) in [5.74, 6) is -0.447. The third kappa shape index (κ3) is 4.65. The molecule has 2 N–H and O–H groups in total. The maximum absolute atomic E-state index is 12.7. The Morgan fingerprint density at radius 1 is 1.16 bits per heavy atom. The Morgan fingerprint density at radius 2 is 1.94 bits per heavy atom. The third-order valence-corrected chi connectivity index (χ3v) is 5.61. The summed E-state index contributed by atoms with van der Waals surface area (Å²) in [7, 11) is 0. The maximum Gasteiger partial charge on any atom is 0.417 e. The fraction of sp³-hybridized carbons (Fsp3) is 0.217. The number of carbonyl (C=O) groups excluding carboxylic acids is 1. The van der Waals surface area contributed by atoms with Crippen LogP contribution in [0.4, 0.5) is 18.9 Å². The number of nitrogens with two attached hydrogens (primary N) is 1. The minimum Gasteiger partial charge on any atom is -0.472 e. The molecule has 1 unspecified atom stereocenters. The molecule has 2 heterocycles. The summed E-state index contributed by atoms with van der Waals surface area (Å²) in [6.45, 7) is 1.03. The van der Waals surface area contributed by atoms with E-state index < -0.39 is 17.6 Å². The molecule has 0 bridgehead atoms. The van der Waals surface area contributed by atoms with Crippen LogP contribution in [-0.2, 0) is 6.18 Å². The van der Waals surface area contributed by atoms with Crippen molar-refractivity contribution in [1.29, 1.82) is 0 Å². The Bertz CT molecular complexity index is 1140. The molecule has 1 fully saturated rings. The number of benzene rings is 2. The van der Waals surface area contributed by atoms with Crippen molar-refractivity contribution in [3.05, 3.63) is 76.9 Å². The zero-order valence-electron chi connectivity index (χ0n) is 16.8. The minimum absolute atomic E-state index is 0.119. The largest absolute Gasteiger partial charge is 0.472 e. The van der Waals surface area contributed by atoms with E-state index in [9.17, 15) is 18.0 Å². The molecule has 9 heteroatoms. The lowest BCUT2D eigenvalue weighted by Crippen LogP contribution is -2.27. The van der Waals surface area contributed by atoms with Crippen molar-refractivity contribution in [3.63, 3.8) is 0 Å². The van der Waals surface area contributed by atoms with Crippen LogP contribution in [0.3, 0.4) is 0 Å². The lowest BCUT2D eigenvalue weighted by molar-refractivity contribution is -0.137. The molecule has 0 saturated carbocycles. The molecule has 3 aromatic rings. The Kier molecular flexibility index (Phi) is 5.97. The maximum atomic E-state index is 12.7. The Labute approximate surface area is 187 Å². The van der Waals surface area contributed by atoms with Gasteiger partial charge in [0.15, 0.2) is 0 Å². The van der Waals surface area contributed by atoms with Crippen LogP contribution >= 0.6 is 11.6 Å². The van der Waals surface area contributed by atoms with Crippen LogP contribution in [0.15, 0.2) is 60.8 Å². The van der Waals surface area contributed by atoms with Crippen molar-refractivity contribution in [3.8, 4) is 17.0 Å². The third-order valence-electron chi connectivity index (χ3n) is 5.28. The Hall–Kier alpha value is -3.26. The molecule has 0 radical (unpaired) electrons. The van der Waals surface area contributed by atoms with Crippen molar-refractivity contribution in [1.82, 2.24) is 4.98 Å². The van der Waals surface area contributed by atoms with Gasteiger partial charge in [-0.1, -0.05) is 35.9 Å². The van der Waals surface area contributed by atoms with E-state index in [-0.39, 0.29) is 12.0 Å². The summed E-state index contributed by atoms with van der Waals surface area (Å²) in [4.78, 5) is 17.9. The van der Waals surface area contributed by atoms with E-state index in [0.29, 0.717) is 35.8 Å². The molecule has 1 saturated heterocycles. The van der Waals surface area contributed by atoms with Gasteiger partial charge in [0.2, 0.25) is 5.88 Å². The number of carbonyl (C=O) groups is 1. The fourth-order valence-electron chi connectivity index (χ4n) is 3.70. The first kappa shape index (κ1) is 22.0. The van der Waals surface area contributed by atoms with Crippen molar-refractivity contribution in [2.45, 2.75) is 18.7 Å². The zero-order chi connectivity index (χ0) is 22.9. The van der Waals surface area contributed by atoms with E-state index in [0.717, 1.165) is 23.4 Å². The number of aromatic nitrogens is 1. The highest BCUT2D eigenvalue weighted by molar-refractivity contribution is 6.33. The summed E-state index contributed by atoms with van der Waals surface area (Å²) in [6.07, 6.45) is -3.37. The van der Waals surface area contributed by atoms with Crippen LogP contribution in [0.25, 0.3) is 11.1 Å². The summed E-state index contributed by atoms with van der Waals surface area (Å²) in [5.41, 5.74) is 7.40. The average molecular weight is 462 g/mol. The Morgan fingerprint density at radius 3 is 2.59 bits per heavy atom. The fourth-order valence-corrected chi connectivity index (χ4v) is 3.95.